The number of hydrogen-bond acceptors (Lipinski definition) is 4. The molecule has 1 N–H and O–H groups in total. The van der Waals surface area contributed by atoms with Crippen LogP contribution in [0.4, 0.5) is 10.1 Å². The fraction of sp³-hybridized carbons (Fsp3) is 0.348. The van der Waals surface area contributed by atoms with Gasteiger partial charge in [0.25, 0.3) is 5.91 Å². The van der Waals surface area contributed by atoms with Gasteiger partial charge in [-0.15, -0.1) is 0 Å². The number of ether oxygens (including phenoxy) is 1. The number of fused-ring (bicyclic) bond motifs is 2. The number of carbonyl (C=O) groups is 3. The molecule has 6 heteroatoms. The Morgan fingerprint density at radius 1 is 0.931 bits per heavy atom. The van der Waals surface area contributed by atoms with Gasteiger partial charge in [0.2, 0.25) is 0 Å². The summed E-state index contributed by atoms with van der Waals surface area (Å²) in [7, 11) is 0. The topological polar surface area (TPSA) is 72.5 Å². The van der Waals surface area contributed by atoms with E-state index in [0.717, 1.165) is 19.3 Å². The second-order valence-electron chi connectivity index (χ2n) is 7.78. The van der Waals surface area contributed by atoms with Crippen LogP contribution in [0.5, 0.6) is 0 Å². The molecule has 2 aromatic carbocycles. The molecule has 5 nitrogen and oxygen atoms in total. The van der Waals surface area contributed by atoms with Crippen molar-refractivity contribution in [3.63, 3.8) is 0 Å². The zero-order valence-electron chi connectivity index (χ0n) is 15.8. The van der Waals surface area contributed by atoms with Gasteiger partial charge in [0.15, 0.2) is 12.4 Å². The summed E-state index contributed by atoms with van der Waals surface area (Å²) in [6.45, 7) is -0.434. The van der Waals surface area contributed by atoms with Crippen LogP contribution >= 0.6 is 0 Å². The lowest BCUT2D eigenvalue weighted by atomic mass is 9.75. The number of amides is 1. The van der Waals surface area contributed by atoms with Crippen LogP contribution in [0.15, 0.2) is 54.6 Å². The zero-order chi connectivity index (χ0) is 20.4. The lowest BCUT2D eigenvalue weighted by Crippen LogP contribution is -2.37. The summed E-state index contributed by atoms with van der Waals surface area (Å²) in [6, 6.07) is 14.3. The summed E-state index contributed by atoms with van der Waals surface area (Å²) in [5.74, 6) is -1.97. The normalized spacial score (nSPS) is 24.9. The molecule has 0 aliphatic heterocycles. The Kier molecular flexibility index (Phi) is 5.43. The Morgan fingerprint density at radius 3 is 2.28 bits per heavy atom. The molecule has 0 unspecified atom stereocenters. The maximum atomic E-state index is 13.0. The number of ketones is 1. The fourth-order valence-electron chi connectivity index (χ4n) is 4.77. The number of Topliss-reactive ketones (excluding diaryl/α,β-unsaturated/α-hetero) is 1. The van der Waals surface area contributed by atoms with Crippen molar-refractivity contribution in [3.05, 3.63) is 66.0 Å². The molecule has 0 saturated heterocycles. The van der Waals surface area contributed by atoms with Crippen LogP contribution in [0.25, 0.3) is 0 Å². The monoisotopic (exact) mass is 395 g/mol. The average Bonchev–Trinajstić information content (AvgIpc) is 3.35. The third-order valence-electron chi connectivity index (χ3n) is 6.02. The highest BCUT2D eigenvalue weighted by molar-refractivity contribution is 6.01. The maximum Gasteiger partial charge on any atom is 0.310 e. The van der Waals surface area contributed by atoms with Crippen LogP contribution in [0.2, 0.25) is 0 Å². The number of benzene rings is 2. The fourth-order valence-corrected chi connectivity index (χ4v) is 4.77. The second-order valence-corrected chi connectivity index (χ2v) is 7.78. The molecule has 2 aromatic rings. The summed E-state index contributed by atoms with van der Waals surface area (Å²) in [6.07, 6.45) is 2.71. The number of hydrogen-bond donors (Lipinski definition) is 1. The van der Waals surface area contributed by atoms with Gasteiger partial charge in [-0.2, -0.15) is 0 Å². The molecular weight excluding hydrogens is 373 g/mol. The van der Waals surface area contributed by atoms with Gasteiger partial charge in [0.05, 0.1) is 5.92 Å². The van der Waals surface area contributed by atoms with Gasteiger partial charge in [-0.05, 0) is 55.4 Å². The van der Waals surface area contributed by atoms with Crippen molar-refractivity contribution < 1.29 is 23.5 Å². The van der Waals surface area contributed by atoms with Gasteiger partial charge < -0.3 is 10.1 Å². The molecule has 2 aliphatic carbocycles. The number of carbonyl (C=O) groups excluding carboxylic acids is 3. The van der Waals surface area contributed by atoms with Crippen LogP contribution in [0.1, 0.15) is 29.6 Å². The predicted octanol–water partition coefficient (Wildman–Crippen LogP) is 3.85. The third-order valence-corrected chi connectivity index (χ3v) is 6.02. The number of esters is 1. The van der Waals surface area contributed by atoms with Crippen molar-refractivity contribution in [3.8, 4) is 0 Å². The van der Waals surface area contributed by atoms with E-state index >= 15 is 0 Å². The van der Waals surface area contributed by atoms with E-state index in [1.807, 2.05) is 18.2 Å². The van der Waals surface area contributed by atoms with Crippen molar-refractivity contribution >= 4 is 23.3 Å². The van der Waals surface area contributed by atoms with E-state index in [1.54, 1.807) is 12.1 Å². The molecule has 2 bridgehead atoms. The first-order valence-electron chi connectivity index (χ1n) is 9.84. The van der Waals surface area contributed by atoms with Gasteiger partial charge in [0.1, 0.15) is 5.82 Å². The summed E-state index contributed by atoms with van der Waals surface area (Å²) < 4.78 is 18.2. The van der Waals surface area contributed by atoms with Gasteiger partial charge in [-0.3, -0.25) is 14.4 Å². The molecule has 2 aliphatic rings. The average molecular weight is 395 g/mol. The summed E-state index contributed by atoms with van der Waals surface area (Å²) in [5.41, 5.74) is 1.03. The predicted molar refractivity (Wildman–Crippen MR) is 105 cm³/mol. The molecule has 0 aromatic heterocycles. The first kappa shape index (κ1) is 19.3. The highest BCUT2D eigenvalue weighted by Crippen LogP contribution is 2.53. The number of halogens is 1. The molecule has 4 rings (SSSR count). The molecule has 1 amide bonds. The third kappa shape index (κ3) is 4.06. The largest absolute Gasteiger partial charge is 0.455 e. The lowest BCUT2D eigenvalue weighted by Gasteiger charge is -2.28. The van der Waals surface area contributed by atoms with Gasteiger partial charge in [-0.25, -0.2) is 4.39 Å². The highest BCUT2D eigenvalue weighted by Gasteiger charge is 2.54. The van der Waals surface area contributed by atoms with Crippen LogP contribution in [-0.4, -0.2) is 24.3 Å². The summed E-state index contributed by atoms with van der Waals surface area (Å²) in [4.78, 5) is 37.9. The van der Waals surface area contributed by atoms with E-state index < -0.39 is 30.2 Å². The number of anilines is 1. The van der Waals surface area contributed by atoms with Crippen molar-refractivity contribution in [2.75, 3.05) is 11.9 Å². The van der Waals surface area contributed by atoms with E-state index in [1.165, 1.54) is 24.3 Å². The van der Waals surface area contributed by atoms with Crippen molar-refractivity contribution in [1.82, 2.24) is 0 Å². The van der Waals surface area contributed by atoms with Gasteiger partial charge >= 0.3 is 5.97 Å². The number of nitrogens with one attached hydrogen (secondary N) is 1. The molecule has 0 heterocycles. The molecule has 29 heavy (non-hydrogen) atoms. The Balaban J connectivity index is 1.39. The van der Waals surface area contributed by atoms with Crippen molar-refractivity contribution in [2.24, 2.45) is 23.7 Å². The van der Waals surface area contributed by atoms with Crippen LogP contribution < -0.4 is 5.32 Å². The second kappa shape index (κ2) is 8.15. The lowest BCUT2D eigenvalue weighted by molar-refractivity contribution is -0.154. The summed E-state index contributed by atoms with van der Waals surface area (Å²) >= 11 is 0. The Bertz CT molecular complexity index is 912. The summed E-state index contributed by atoms with van der Waals surface area (Å²) in [5, 5.41) is 2.56. The molecule has 0 spiro atoms. The van der Waals surface area contributed by atoms with Crippen LogP contribution in [-0.2, 0) is 14.3 Å². The van der Waals surface area contributed by atoms with E-state index in [2.05, 4.69) is 5.32 Å². The quantitative estimate of drug-likeness (QED) is 0.596. The molecular formula is C23H22FNO4. The first-order chi connectivity index (χ1) is 14.0. The van der Waals surface area contributed by atoms with Gasteiger partial charge in [0, 0.05) is 17.2 Å². The van der Waals surface area contributed by atoms with Crippen molar-refractivity contribution in [2.45, 2.75) is 19.3 Å². The highest BCUT2D eigenvalue weighted by atomic mass is 19.1. The molecule has 4 atom stereocenters. The van der Waals surface area contributed by atoms with Crippen LogP contribution in [0, 0.1) is 29.5 Å². The smallest absolute Gasteiger partial charge is 0.310 e. The van der Waals surface area contributed by atoms with E-state index in [-0.39, 0.29) is 23.5 Å². The minimum Gasteiger partial charge on any atom is -0.455 e. The molecule has 150 valence electrons. The maximum absolute atomic E-state index is 13.0. The first-order valence-corrected chi connectivity index (χ1v) is 9.84. The van der Waals surface area contributed by atoms with Gasteiger partial charge in [-0.1, -0.05) is 30.3 Å². The van der Waals surface area contributed by atoms with E-state index in [4.69, 9.17) is 4.74 Å². The Hall–Kier alpha value is -3.02. The zero-order valence-corrected chi connectivity index (χ0v) is 15.8. The van der Waals surface area contributed by atoms with Crippen LogP contribution in [0.3, 0.4) is 0 Å². The standard InChI is InChI=1S/C23H22FNO4/c24-17-8-10-18(11-9-17)25-19(26)13-29-23(28)21-16-7-6-15(12-16)20(21)22(27)14-4-2-1-3-5-14/h1-5,8-11,15-16,20-21H,6-7,12-13H2,(H,25,26)/t15-,16-,20+,21-/m0/s1. The number of rotatable bonds is 6. The van der Waals surface area contributed by atoms with E-state index in [0.29, 0.717) is 11.3 Å². The van der Waals surface area contributed by atoms with E-state index in [9.17, 15) is 18.8 Å². The minimum atomic E-state index is -0.501. The molecule has 2 fully saturated rings. The Labute approximate surface area is 168 Å². The Morgan fingerprint density at radius 2 is 1.59 bits per heavy atom. The SMILES string of the molecule is O=C(COC(=O)[C@H]1[C@H]2CC[C@@H](C2)[C@H]1C(=O)c1ccccc1)Nc1ccc(F)cc1. The molecule has 2 saturated carbocycles. The van der Waals surface area contributed by atoms with Crippen molar-refractivity contribution in [1.29, 1.82) is 0 Å². The molecule has 0 radical (unpaired) electrons. The minimum absolute atomic E-state index is 0.0180.